The van der Waals surface area contributed by atoms with Gasteiger partial charge in [-0.25, -0.2) is 0 Å². The van der Waals surface area contributed by atoms with Gasteiger partial charge in [-0.15, -0.1) is 0 Å². The highest BCUT2D eigenvalue weighted by Crippen LogP contribution is 2.27. The number of hydrogen-bond acceptors (Lipinski definition) is 4. The largest absolute Gasteiger partial charge is 0.472 e. The van der Waals surface area contributed by atoms with Crippen LogP contribution in [0, 0.1) is 0 Å². The summed E-state index contributed by atoms with van der Waals surface area (Å²) < 4.78 is 5.20. The van der Waals surface area contributed by atoms with Crippen molar-refractivity contribution in [1.29, 1.82) is 0 Å². The molecule has 18 heavy (non-hydrogen) atoms. The summed E-state index contributed by atoms with van der Waals surface area (Å²) in [6.45, 7) is 5.44. The maximum absolute atomic E-state index is 5.97. The topological polar surface area (TPSA) is 45.6 Å². The molecule has 0 saturated carbocycles. The fourth-order valence-electron chi connectivity index (χ4n) is 3.42. The highest BCUT2D eigenvalue weighted by molar-refractivity contribution is 5.13. The second-order valence-corrected chi connectivity index (χ2v) is 5.49. The minimum absolute atomic E-state index is 0.327. The van der Waals surface area contributed by atoms with Crippen LogP contribution in [0.4, 0.5) is 0 Å². The van der Waals surface area contributed by atoms with E-state index in [1.807, 2.05) is 12.3 Å². The highest BCUT2D eigenvalue weighted by Gasteiger charge is 2.32. The molecule has 2 atom stereocenters. The Hall–Kier alpha value is -0.840. The first kappa shape index (κ1) is 12.2. The average molecular weight is 249 g/mol. The summed E-state index contributed by atoms with van der Waals surface area (Å²) in [5.74, 6) is 0. The number of piperazine rings is 1. The van der Waals surface area contributed by atoms with E-state index in [9.17, 15) is 0 Å². The van der Waals surface area contributed by atoms with Crippen molar-refractivity contribution in [1.82, 2.24) is 9.80 Å². The SMILES string of the molecule is NCC(c1ccoc1)N1CCN2CCCCC2C1. The number of fused-ring (bicyclic) bond motifs is 1. The lowest BCUT2D eigenvalue weighted by Gasteiger charge is -2.46. The van der Waals surface area contributed by atoms with Crippen molar-refractivity contribution >= 4 is 0 Å². The number of furan rings is 1. The zero-order valence-corrected chi connectivity index (χ0v) is 10.9. The molecule has 4 heteroatoms. The molecule has 3 rings (SSSR count). The van der Waals surface area contributed by atoms with Gasteiger partial charge in [0, 0.05) is 37.8 Å². The molecule has 4 nitrogen and oxygen atoms in total. The number of hydrogen-bond donors (Lipinski definition) is 1. The Morgan fingerprint density at radius 2 is 2.28 bits per heavy atom. The predicted octanol–water partition coefficient (Wildman–Crippen LogP) is 1.45. The Kier molecular flexibility index (Phi) is 3.68. The van der Waals surface area contributed by atoms with Crippen LogP contribution in [0.5, 0.6) is 0 Å². The van der Waals surface area contributed by atoms with Crippen LogP contribution in [0.15, 0.2) is 23.0 Å². The second kappa shape index (κ2) is 5.43. The molecule has 3 heterocycles. The van der Waals surface area contributed by atoms with E-state index in [2.05, 4.69) is 9.80 Å². The van der Waals surface area contributed by atoms with Gasteiger partial charge in [0.1, 0.15) is 0 Å². The molecule has 2 aliphatic rings. The number of nitrogens with two attached hydrogens (primary N) is 1. The Morgan fingerprint density at radius 3 is 3.06 bits per heavy atom. The Labute approximate surface area is 109 Å². The summed E-state index contributed by atoms with van der Waals surface area (Å²) in [6.07, 6.45) is 7.69. The van der Waals surface area contributed by atoms with Gasteiger partial charge in [0.2, 0.25) is 0 Å². The molecule has 2 N–H and O–H groups in total. The van der Waals surface area contributed by atoms with Gasteiger partial charge in [-0.05, 0) is 25.5 Å². The van der Waals surface area contributed by atoms with Gasteiger partial charge < -0.3 is 10.2 Å². The van der Waals surface area contributed by atoms with E-state index in [0.717, 1.165) is 19.1 Å². The van der Waals surface area contributed by atoms with E-state index >= 15 is 0 Å². The molecule has 1 aromatic rings. The molecule has 2 aliphatic heterocycles. The summed E-state index contributed by atoms with van der Waals surface area (Å²) in [6, 6.07) is 3.12. The summed E-state index contributed by atoms with van der Waals surface area (Å²) in [7, 11) is 0. The van der Waals surface area contributed by atoms with Gasteiger partial charge in [-0.2, -0.15) is 0 Å². The summed E-state index contributed by atoms with van der Waals surface area (Å²) >= 11 is 0. The predicted molar refractivity (Wildman–Crippen MR) is 71.3 cm³/mol. The molecule has 1 aromatic heterocycles. The van der Waals surface area contributed by atoms with Crippen molar-refractivity contribution in [3.05, 3.63) is 24.2 Å². The monoisotopic (exact) mass is 249 g/mol. The van der Waals surface area contributed by atoms with Crippen molar-refractivity contribution in [2.75, 3.05) is 32.7 Å². The fraction of sp³-hybridized carbons (Fsp3) is 0.714. The minimum atomic E-state index is 0.327. The van der Waals surface area contributed by atoms with Gasteiger partial charge in [0.15, 0.2) is 0 Å². The molecular formula is C14H23N3O. The van der Waals surface area contributed by atoms with Crippen molar-refractivity contribution in [2.45, 2.75) is 31.3 Å². The lowest BCUT2D eigenvalue weighted by molar-refractivity contribution is 0.0285. The van der Waals surface area contributed by atoms with Gasteiger partial charge in [0.25, 0.3) is 0 Å². The highest BCUT2D eigenvalue weighted by atomic mass is 16.3. The van der Waals surface area contributed by atoms with Crippen molar-refractivity contribution in [2.24, 2.45) is 5.73 Å². The first-order chi connectivity index (χ1) is 8.88. The Bertz CT molecular complexity index is 365. The van der Waals surface area contributed by atoms with Crippen LogP contribution in [0.25, 0.3) is 0 Å². The van der Waals surface area contributed by atoms with E-state index in [-0.39, 0.29) is 0 Å². The zero-order valence-electron chi connectivity index (χ0n) is 10.9. The summed E-state index contributed by atoms with van der Waals surface area (Å²) in [5.41, 5.74) is 7.19. The maximum atomic E-state index is 5.97. The first-order valence-electron chi connectivity index (χ1n) is 7.09. The third-order valence-corrected chi connectivity index (χ3v) is 4.46. The molecule has 0 aromatic carbocycles. The molecule has 2 fully saturated rings. The lowest BCUT2D eigenvalue weighted by atomic mass is 9.97. The second-order valence-electron chi connectivity index (χ2n) is 5.49. The van der Waals surface area contributed by atoms with Gasteiger partial charge >= 0.3 is 0 Å². The molecule has 0 radical (unpaired) electrons. The van der Waals surface area contributed by atoms with Crippen LogP contribution in [0.3, 0.4) is 0 Å². The molecule has 2 saturated heterocycles. The van der Waals surface area contributed by atoms with Gasteiger partial charge in [-0.3, -0.25) is 9.80 Å². The van der Waals surface area contributed by atoms with E-state index in [1.54, 1.807) is 6.26 Å². The fourth-order valence-corrected chi connectivity index (χ4v) is 3.42. The number of nitrogens with zero attached hydrogens (tertiary/aromatic N) is 2. The third kappa shape index (κ3) is 2.32. The summed E-state index contributed by atoms with van der Waals surface area (Å²) in [5, 5.41) is 0. The van der Waals surface area contributed by atoms with Crippen molar-refractivity contribution < 1.29 is 4.42 Å². The van der Waals surface area contributed by atoms with Crippen LogP contribution in [0.2, 0.25) is 0 Å². The molecule has 0 spiro atoms. The lowest BCUT2D eigenvalue weighted by Crippen LogP contribution is -2.56. The number of rotatable bonds is 3. The van der Waals surface area contributed by atoms with Gasteiger partial charge in [0.05, 0.1) is 18.6 Å². The van der Waals surface area contributed by atoms with E-state index in [4.69, 9.17) is 10.2 Å². The van der Waals surface area contributed by atoms with Crippen LogP contribution in [-0.4, -0.2) is 48.6 Å². The van der Waals surface area contributed by atoms with E-state index < -0.39 is 0 Å². The molecule has 0 aliphatic carbocycles. The molecular weight excluding hydrogens is 226 g/mol. The van der Waals surface area contributed by atoms with Crippen molar-refractivity contribution in [3.8, 4) is 0 Å². The van der Waals surface area contributed by atoms with Gasteiger partial charge in [-0.1, -0.05) is 6.42 Å². The molecule has 100 valence electrons. The maximum Gasteiger partial charge on any atom is 0.0950 e. The normalized spacial score (nSPS) is 27.9. The number of piperidine rings is 1. The molecule has 0 amide bonds. The summed E-state index contributed by atoms with van der Waals surface area (Å²) in [4.78, 5) is 5.19. The van der Waals surface area contributed by atoms with Crippen LogP contribution in [0.1, 0.15) is 30.9 Å². The molecule has 0 bridgehead atoms. The van der Waals surface area contributed by atoms with E-state index in [1.165, 1.54) is 37.9 Å². The Balaban J connectivity index is 1.69. The van der Waals surface area contributed by atoms with Crippen molar-refractivity contribution in [3.63, 3.8) is 0 Å². The van der Waals surface area contributed by atoms with Crippen LogP contribution < -0.4 is 5.73 Å². The van der Waals surface area contributed by atoms with Crippen LogP contribution >= 0.6 is 0 Å². The smallest absolute Gasteiger partial charge is 0.0950 e. The van der Waals surface area contributed by atoms with Crippen LogP contribution in [-0.2, 0) is 0 Å². The zero-order chi connectivity index (χ0) is 12.4. The average Bonchev–Trinajstić information content (AvgIpc) is 2.93. The Morgan fingerprint density at radius 1 is 1.33 bits per heavy atom. The molecule has 2 unspecified atom stereocenters. The minimum Gasteiger partial charge on any atom is -0.472 e. The quantitative estimate of drug-likeness (QED) is 0.880. The first-order valence-corrected chi connectivity index (χ1v) is 7.09. The standard InChI is InChI=1S/C14H23N3O/c15-9-14(12-4-8-18-11-12)17-7-6-16-5-2-1-3-13(16)10-17/h4,8,11,13-14H,1-3,5-7,9-10,15H2. The third-order valence-electron chi connectivity index (χ3n) is 4.46. The van der Waals surface area contributed by atoms with E-state index in [0.29, 0.717) is 12.6 Å².